The second-order valence-electron chi connectivity index (χ2n) is 7.59. The maximum Gasteiger partial charge on any atom is 0.237 e. The van der Waals surface area contributed by atoms with E-state index in [1.165, 1.54) is 0 Å². The lowest BCUT2D eigenvalue weighted by Crippen LogP contribution is -2.40. The van der Waals surface area contributed by atoms with Gasteiger partial charge in [-0.3, -0.25) is 4.79 Å². The Balaban J connectivity index is 1.38. The van der Waals surface area contributed by atoms with Crippen molar-refractivity contribution < 1.29 is 13.2 Å². The summed E-state index contributed by atoms with van der Waals surface area (Å²) in [5.74, 6) is 1.67. The minimum Gasteiger partial charge on any atom is -0.356 e. The van der Waals surface area contributed by atoms with Crippen molar-refractivity contribution in [2.45, 2.75) is 18.9 Å². The van der Waals surface area contributed by atoms with E-state index in [0.717, 1.165) is 35.9 Å². The quantitative estimate of drug-likeness (QED) is 0.751. The standard InChI is InChI=1S/C17H24N6O3S/c1-22(17-14-3-4-18-16(14)19-10-20-17)13-5-11-8-23(9-12(11)6-13)15(24)7-21-27(2,25)26/h3-4,10-13,21H,5-9H2,1-2H3,(H,18,19,20)/t11-,12+,13-. The van der Waals surface area contributed by atoms with Gasteiger partial charge in [-0.2, -0.15) is 0 Å². The van der Waals surface area contributed by atoms with E-state index in [2.05, 4.69) is 31.6 Å². The van der Waals surface area contributed by atoms with Crippen molar-refractivity contribution in [3.8, 4) is 0 Å². The fourth-order valence-corrected chi connectivity index (χ4v) is 4.79. The van der Waals surface area contributed by atoms with Crippen LogP contribution in [0.2, 0.25) is 0 Å². The van der Waals surface area contributed by atoms with E-state index in [1.54, 1.807) is 11.2 Å². The molecule has 3 heterocycles. The summed E-state index contributed by atoms with van der Waals surface area (Å²) in [5, 5.41) is 1.01. The first-order chi connectivity index (χ1) is 12.8. The lowest BCUT2D eigenvalue weighted by Gasteiger charge is -2.28. The summed E-state index contributed by atoms with van der Waals surface area (Å²) in [7, 11) is -1.28. The molecule has 2 aromatic rings. The van der Waals surface area contributed by atoms with E-state index in [9.17, 15) is 13.2 Å². The van der Waals surface area contributed by atoms with Crippen molar-refractivity contribution >= 4 is 32.8 Å². The van der Waals surface area contributed by atoms with Gasteiger partial charge in [-0.25, -0.2) is 23.1 Å². The smallest absolute Gasteiger partial charge is 0.237 e. The van der Waals surface area contributed by atoms with E-state index in [-0.39, 0.29) is 12.5 Å². The van der Waals surface area contributed by atoms with Crippen LogP contribution in [0, 0.1) is 11.8 Å². The van der Waals surface area contributed by atoms with Gasteiger partial charge in [0.25, 0.3) is 0 Å². The number of anilines is 1. The molecule has 4 rings (SSSR count). The first-order valence-corrected chi connectivity index (χ1v) is 10.9. The van der Waals surface area contributed by atoms with Crippen molar-refractivity contribution in [2.75, 3.05) is 37.8 Å². The summed E-state index contributed by atoms with van der Waals surface area (Å²) in [5.41, 5.74) is 0.834. The van der Waals surface area contributed by atoms with Gasteiger partial charge in [-0.1, -0.05) is 0 Å². The number of nitrogens with one attached hydrogen (secondary N) is 2. The van der Waals surface area contributed by atoms with Crippen molar-refractivity contribution in [1.82, 2.24) is 24.6 Å². The predicted molar refractivity (Wildman–Crippen MR) is 102 cm³/mol. The molecule has 0 radical (unpaired) electrons. The van der Waals surface area contributed by atoms with Gasteiger partial charge in [0.15, 0.2) is 0 Å². The Morgan fingerprint density at radius 1 is 1.33 bits per heavy atom. The first kappa shape index (κ1) is 18.2. The lowest BCUT2D eigenvalue weighted by atomic mass is 10.0. The number of H-pyrrole nitrogens is 1. The van der Waals surface area contributed by atoms with Gasteiger partial charge in [0.1, 0.15) is 17.8 Å². The molecule has 0 spiro atoms. The molecular formula is C17H24N6O3S. The third-order valence-corrected chi connectivity index (χ3v) is 6.45. The molecule has 10 heteroatoms. The van der Waals surface area contributed by atoms with E-state index in [1.807, 2.05) is 12.3 Å². The van der Waals surface area contributed by atoms with Gasteiger partial charge in [0.2, 0.25) is 15.9 Å². The van der Waals surface area contributed by atoms with Gasteiger partial charge in [0.05, 0.1) is 18.2 Å². The molecule has 2 aromatic heterocycles. The van der Waals surface area contributed by atoms with Crippen molar-refractivity contribution in [1.29, 1.82) is 0 Å². The van der Waals surface area contributed by atoms with Crippen molar-refractivity contribution in [3.63, 3.8) is 0 Å². The zero-order chi connectivity index (χ0) is 19.2. The number of aromatic amines is 1. The highest BCUT2D eigenvalue weighted by atomic mass is 32.2. The summed E-state index contributed by atoms with van der Waals surface area (Å²) >= 11 is 0. The Kier molecular flexibility index (Phi) is 4.55. The molecule has 3 atom stereocenters. The number of aromatic nitrogens is 3. The SMILES string of the molecule is CN(c1ncnc2[nH]ccc12)[C@@H]1C[C@@H]2CN(C(=O)CNS(C)(=O)=O)C[C@@H]2C1. The Morgan fingerprint density at radius 2 is 2.04 bits per heavy atom. The number of likely N-dealkylation sites (tertiary alicyclic amines) is 1. The van der Waals surface area contributed by atoms with E-state index in [0.29, 0.717) is 31.0 Å². The minimum absolute atomic E-state index is 0.149. The third kappa shape index (κ3) is 3.63. The van der Waals surface area contributed by atoms with Crippen LogP contribution in [0.15, 0.2) is 18.6 Å². The van der Waals surface area contributed by atoms with Gasteiger partial charge >= 0.3 is 0 Å². The zero-order valence-corrected chi connectivity index (χ0v) is 16.2. The van der Waals surface area contributed by atoms with Crippen molar-refractivity contribution in [3.05, 3.63) is 18.6 Å². The van der Waals surface area contributed by atoms with E-state index < -0.39 is 10.0 Å². The van der Waals surface area contributed by atoms with Gasteiger partial charge < -0.3 is 14.8 Å². The summed E-state index contributed by atoms with van der Waals surface area (Å²) < 4.78 is 24.6. The second-order valence-corrected chi connectivity index (χ2v) is 9.42. The monoisotopic (exact) mass is 392 g/mol. The molecule has 2 N–H and O–H groups in total. The number of fused-ring (bicyclic) bond motifs is 2. The molecule has 2 fully saturated rings. The summed E-state index contributed by atoms with van der Waals surface area (Å²) in [6, 6.07) is 2.37. The predicted octanol–water partition coefficient (Wildman–Crippen LogP) is 0.180. The van der Waals surface area contributed by atoms with Crippen LogP contribution < -0.4 is 9.62 Å². The van der Waals surface area contributed by atoms with Gasteiger partial charge in [-0.15, -0.1) is 0 Å². The van der Waals surface area contributed by atoms with E-state index >= 15 is 0 Å². The largest absolute Gasteiger partial charge is 0.356 e. The molecule has 146 valence electrons. The molecule has 1 saturated heterocycles. The van der Waals surface area contributed by atoms with E-state index in [4.69, 9.17) is 0 Å². The normalized spacial score (nSPS) is 25.1. The molecule has 1 aliphatic carbocycles. The summed E-state index contributed by atoms with van der Waals surface area (Å²) in [6.45, 7) is 1.24. The summed E-state index contributed by atoms with van der Waals surface area (Å²) in [4.78, 5) is 28.1. The molecule has 27 heavy (non-hydrogen) atoms. The van der Waals surface area contributed by atoms with Crippen LogP contribution in [0.3, 0.4) is 0 Å². The topological polar surface area (TPSA) is 111 Å². The van der Waals surface area contributed by atoms with Crippen LogP contribution in [0.25, 0.3) is 11.0 Å². The zero-order valence-electron chi connectivity index (χ0n) is 15.4. The number of carbonyl (C=O) groups is 1. The Hall–Kier alpha value is -2.20. The van der Waals surface area contributed by atoms with Crippen molar-refractivity contribution in [2.24, 2.45) is 11.8 Å². The molecule has 1 amide bonds. The lowest BCUT2D eigenvalue weighted by molar-refractivity contribution is -0.129. The van der Waals surface area contributed by atoms with Crippen LogP contribution in [0.1, 0.15) is 12.8 Å². The van der Waals surface area contributed by atoms with Crippen LogP contribution in [-0.4, -0.2) is 73.2 Å². The Labute approximate surface area is 158 Å². The maximum atomic E-state index is 12.2. The number of hydrogen-bond donors (Lipinski definition) is 2. The van der Waals surface area contributed by atoms with Crippen LogP contribution in [0.5, 0.6) is 0 Å². The molecule has 0 unspecified atom stereocenters. The fourth-order valence-electron chi connectivity index (χ4n) is 4.41. The highest BCUT2D eigenvalue weighted by Crippen LogP contribution is 2.41. The molecule has 0 aromatic carbocycles. The Bertz CT molecular complexity index is 944. The van der Waals surface area contributed by atoms with Gasteiger partial charge in [0, 0.05) is 32.4 Å². The average Bonchev–Trinajstić information content (AvgIpc) is 3.31. The number of carbonyl (C=O) groups excluding carboxylic acids is 1. The highest BCUT2D eigenvalue weighted by molar-refractivity contribution is 7.88. The number of rotatable bonds is 5. The number of sulfonamides is 1. The number of hydrogen-bond acceptors (Lipinski definition) is 6. The molecule has 2 aliphatic rings. The average molecular weight is 392 g/mol. The van der Waals surface area contributed by atoms with Crippen LogP contribution in [-0.2, 0) is 14.8 Å². The first-order valence-electron chi connectivity index (χ1n) is 9.05. The minimum atomic E-state index is -3.35. The highest BCUT2D eigenvalue weighted by Gasteiger charge is 2.43. The molecule has 1 saturated carbocycles. The molecular weight excluding hydrogens is 368 g/mol. The van der Waals surface area contributed by atoms with Crippen LogP contribution >= 0.6 is 0 Å². The fraction of sp³-hybridized carbons (Fsp3) is 0.588. The molecule has 9 nitrogen and oxygen atoms in total. The third-order valence-electron chi connectivity index (χ3n) is 5.78. The molecule has 0 bridgehead atoms. The van der Waals surface area contributed by atoms with Gasteiger partial charge in [-0.05, 0) is 30.7 Å². The molecule has 1 aliphatic heterocycles. The number of nitrogens with zero attached hydrogens (tertiary/aromatic N) is 4. The number of amides is 1. The maximum absolute atomic E-state index is 12.2. The second kappa shape index (κ2) is 6.75. The summed E-state index contributed by atoms with van der Waals surface area (Å²) in [6.07, 6.45) is 6.51. The van der Waals surface area contributed by atoms with Crippen LogP contribution in [0.4, 0.5) is 5.82 Å². The Morgan fingerprint density at radius 3 is 2.70 bits per heavy atom.